The third-order valence-electron chi connectivity index (χ3n) is 3.42. The molecule has 2 atom stereocenters. The lowest BCUT2D eigenvalue weighted by atomic mass is 10.1. The average Bonchev–Trinajstić information content (AvgIpc) is 2.75. The number of likely N-dealkylation sites (N-methyl/N-ethyl adjacent to an activating group) is 1. The first kappa shape index (κ1) is 12.1. The molecule has 2 aliphatic heterocycles. The minimum atomic E-state index is 0.449. The van der Waals surface area contributed by atoms with E-state index in [-0.39, 0.29) is 0 Å². The van der Waals surface area contributed by atoms with E-state index in [0.717, 1.165) is 26.2 Å². The van der Waals surface area contributed by atoms with Crippen LogP contribution in [-0.2, 0) is 4.74 Å². The second-order valence-electron chi connectivity index (χ2n) is 4.78. The van der Waals surface area contributed by atoms with E-state index < -0.39 is 0 Å². The van der Waals surface area contributed by atoms with Crippen molar-refractivity contribution in [3.63, 3.8) is 0 Å². The van der Waals surface area contributed by atoms with Gasteiger partial charge in [-0.2, -0.15) is 0 Å². The van der Waals surface area contributed by atoms with Gasteiger partial charge in [-0.1, -0.05) is 19.1 Å². The molecule has 0 aromatic rings. The lowest BCUT2D eigenvalue weighted by molar-refractivity contribution is 0.0253. The molecule has 3 heteroatoms. The number of ether oxygens (including phenoxy) is 1. The van der Waals surface area contributed by atoms with Gasteiger partial charge >= 0.3 is 0 Å². The molecule has 2 aliphatic rings. The molecule has 2 unspecified atom stereocenters. The van der Waals surface area contributed by atoms with Crippen LogP contribution >= 0.6 is 0 Å². The van der Waals surface area contributed by atoms with Crippen LogP contribution in [0.1, 0.15) is 26.2 Å². The van der Waals surface area contributed by atoms with Gasteiger partial charge in [0.15, 0.2) is 0 Å². The largest absolute Gasteiger partial charge is 0.372 e. The number of nitrogens with one attached hydrogen (secondary N) is 1. The smallest absolute Gasteiger partial charge is 0.0707 e. The fraction of sp³-hybridized carbons (Fsp3) is 0.846. The number of hydrogen-bond donors (Lipinski definition) is 1. The highest BCUT2D eigenvalue weighted by molar-refractivity contribution is 4.92. The summed E-state index contributed by atoms with van der Waals surface area (Å²) in [5.41, 5.74) is 0. The van der Waals surface area contributed by atoms with Crippen molar-refractivity contribution < 1.29 is 4.74 Å². The summed E-state index contributed by atoms with van der Waals surface area (Å²) in [6, 6.07) is 0. The molecule has 0 radical (unpaired) electrons. The molecule has 0 aromatic heterocycles. The monoisotopic (exact) mass is 224 g/mol. The average molecular weight is 224 g/mol. The predicted molar refractivity (Wildman–Crippen MR) is 66.6 cm³/mol. The second kappa shape index (κ2) is 6.38. The van der Waals surface area contributed by atoms with Gasteiger partial charge in [-0.3, -0.25) is 4.90 Å². The van der Waals surface area contributed by atoms with Gasteiger partial charge in [-0.05, 0) is 25.8 Å². The zero-order valence-electron chi connectivity index (χ0n) is 10.3. The zero-order chi connectivity index (χ0) is 11.2. The van der Waals surface area contributed by atoms with E-state index in [2.05, 4.69) is 29.3 Å². The minimum Gasteiger partial charge on any atom is -0.372 e. The molecule has 0 spiro atoms. The molecule has 0 saturated carbocycles. The van der Waals surface area contributed by atoms with Crippen LogP contribution in [-0.4, -0.2) is 49.8 Å². The van der Waals surface area contributed by atoms with Crippen LogP contribution < -0.4 is 5.32 Å². The van der Waals surface area contributed by atoms with Crippen LogP contribution in [0.2, 0.25) is 0 Å². The van der Waals surface area contributed by atoms with Crippen molar-refractivity contribution in [3.05, 3.63) is 12.2 Å². The van der Waals surface area contributed by atoms with E-state index in [1.807, 2.05) is 0 Å². The summed E-state index contributed by atoms with van der Waals surface area (Å²) in [6.45, 7) is 7.64. The molecule has 0 aliphatic carbocycles. The summed E-state index contributed by atoms with van der Waals surface area (Å²) in [4.78, 5) is 2.50. The first-order valence-corrected chi connectivity index (χ1v) is 6.62. The predicted octanol–water partition coefficient (Wildman–Crippen LogP) is 1.41. The third-order valence-corrected chi connectivity index (χ3v) is 3.42. The lowest BCUT2D eigenvalue weighted by Crippen LogP contribution is -2.35. The molecule has 2 rings (SSSR count). The molecule has 0 bridgehead atoms. The summed E-state index contributed by atoms with van der Waals surface area (Å²) in [5.74, 6) is 0. The Hall–Kier alpha value is -0.380. The van der Waals surface area contributed by atoms with Gasteiger partial charge in [0.2, 0.25) is 0 Å². The zero-order valence-corrected chi connectivity index (χ0v) is 10.3. The normalized spacial score (nSPS) is 31.1. The van der Waals surface area contributed by atoms with Gasteiger partial charge < -0.3 is 10.1 Å². The standard InChI is InChI=1S/C13H24N2O/c1-2-14-10-12-6-7-13(16-12)11-15-8-4-3-5-9-15/h3-4,12-14H,2,5-11H2,1H3. The van der Waals surface area contributed by atoms with Gasteiger partial charge in [0.25, 0.3) is 0 Å². The van der Waals surface area contributed by atoms with Gasteiger partial charge in [0.05, 0.1) is 12.2 Å². The van der Waals surface area contributed by atoms with E-state index in [9.17, 15) is 0 Å². The lowest BCUT2D eigenvalue weighted by Gasteiger charge is -2.26. The van der Waals surface area contributed by atoms with Crippen LogP contribution in [0.25, 0.3) is 0 Å². The highest BCUT2D eigenvalue weighted by Crippen LogP contribution is 2.20. The van der Waals surface area contributed by atoms with Crippen molar-refractivity contribution in [1.82, 2.24) is 10.2 Å². The van der Waals surface area contributed by atoms with Gasteiger partial charge in [-0.25, -0.2) is 0 Å². The highest BCUT2D eigenvalue weighted by atomic mass is 16.5. The molecule has 2 heterocycles. The van der Waals surface area contributed by atoms with Crippen LogP contribution in [0.5, 0.6) is 0 Å². The molecule has 1 N–H and O–H groups in total. The van der Waals surface area contributed by atoms with Crippen LogP contribution in [0.4, 0.5) is 0 Å². The van der Waals surface area contributed by atoms with Crippen LogP contribution in [0.3, 0.4) is 0 Å². The van der Waals surface area contributed by atoms with E-state index in [0.29, 0.717) is 12.2 Å². The summed E-state index contributed by atoms with van der Waals surface area (Å²) >= 11 is 0. The number of rotatable bonds is 5. The topological polar surface area (TPSA) is 24.5 Å². The Bertz CT molecular complexity index is 230. The highest BCUT2D eigenvalue weighted by Gasteiger charge is 2.26. The van der Waals surface area contributed by atoms with Crippen LogP contribution in [0.15, 0.2) is 12.2 Å². The Labute approximate surface area is 98.8 Å². The number of hydrogen-bond acceptors (Lipinski definition) is 3. The SMILES string of the molecule is CCNCC1CCC(CN2CC=CCC2)O1. The van der Waals surface area contributed by atoms with Crippen molar-refractivity contribution in [3.8, 4) is 0 Å². The summed E-state index contributed by atoms with van der Waals surface area (Å²) in [6.07, 6.45) is 9.13. The quantitative estimate of drug-likeness (QED) is 0.715. The van der Waals surface area contributed by atoms with E-state index >= 15 is 0 Å². The molecule has 0 aromatic carbocycles. The Morgan fingerprint density at radius 1 is 1.31 bits per heavy atom. The summed E-state index contributed by atoms with van der Waals surface area (Å²) in [5, 5.41) is 3.36. The van der Waals surface area contributed by atoms with Crippen LogP contribution in [0, 0.1) is 0 Å². The van der Waals surface area contributed by atoms with E-state index in [1.54, 1.807) is 0 Å². The van der Waals surface area contributed by atoms with Crippen molar-refractivity contribution in [2.45, 2.75) is 38.4 Å². The first-order chi connectivity index (χ1) is 7.88. The molecule has 92 valence electrons. The molecule has 1 saturated heterocycles. The molecule has 3 nitrogen and oxygen atoms in total. The Morgan fingerprint density at radius 3 is 2.94 bits per heavy atom. The Balaban J connectivity index is 1.66. The van der Waals surface area contributed by atoms with Gasteiger partial charge in [0.1, 0.15) is 0 Å². The molecule has 0 amide bonds. The van der Waals surface area contributed by atoms with Gasteiger partial charge in [-0.15, -0.1) is 0 Å². The van der Waals surface area contributed by atoms with Crippen molar-refractivity contribution in [2.24, 2.45) is 0 Å². The van der Waals surface area contributed by atoms with E-state index in [4.69, 9.17) is 4.74 Å². The number of nitrogens with zero attached hydrogens (tertiary/aromatic N) is 1. The molecule has 16 heavy (non-hydrogen) atoms. The van der Waals surface area contributed by atoms with E-state index in [1.165, 1.54) is 25.8 Å². The maximum absolute atomic E-state index is 6.04. The van der Waals surface area contributed by atoms with Crippen molar-refractivity contribution in [2.75, 3.05) is 32.7 Å². The molecule has 1 fully saturated rings. The Kier molecular flexibility index (Phi) is 4.82. The second-order valence-corrected chi connectivity index (χ2v) is 4.78. The van der Waals surface area contributed by atoms with Crippen molar-refractivity contribution >= 4 is 0 Å². The summed E-state index contributed by atoms with van der Waals surface area (Å²) < 4.78 is 6.04. The third kappa shape index (κ3) is 3.58. The van der Waals surface area contributed by atoms with Gasteiger partial charge in [0, 0.05) is 26.2 Å². The molecular weight excluding hydrogens is 200 g/mol. The van der Waals surface area contributed by atoms with Crippen molar-refractivity contribution in [1.29, 1.82) is 0 Å². The fourth-order valence-corrected chi connectivity index (χ4v) is 2.51. The Morgan fingerprint density at radius 2 is 2.19 bits per heavy atom. The maximum atomic E-state index is 6.04. The first-order valence-electron chi connectivity index (χ1n) is 6.62. The minimum absolute atomic E-state index is 0.449. The summed E-state index contributed by atoms with van der Waals surface area (Å²) in [7, 11) is 0. The molecular formula is C13H24N2O. The maximum Gasteiger partial charge on any atom is 0.0707 e. The fourth-order valence-electron chi connectivity index (χ4n) is 2.51.